The highest BCUT2D eigenvalue weighted by Crippen LogP contribution is 2.29. The average molecular weight is 236 g/mol. The predicted molar refractivity (Wildman–Crippen MR) is 67.2 cm³/mol. The Morgan fingerprint density at radius 3 is 2.88 bits per heavy atom. The lowest BCUT2D eigenvalue weighted by molar-refractivity contribution is 0.0183. The van der Waals surface area contributed by atoms with Gasteiger partial charge >= 0.3 is 6.09 Å². The maximum absolute atomic E-state index is 12.0. The molecule has 0 bridgehead atoms. The summed E-state index contributed by atoms with van der Waals surface area (Å²) in [5, 5.41) is 0. The third kappa shape index (κ3) is 2.68. The molecule has 1 amide bonds. The molecule has 0 aromatic rings. The Balaban J connectivity index is 2.07. The Hall–Kier alpha value is -1.32. The highest BCUT2D eigenvalue weighted by Gasteiger charge is 2.32. The fourth-order valence-electron chi connectivity index (χ4n) is 2.18. The van der Waals surface area contributed by atoms with E-state index >= 15 is 0 Å². The van der Waals surface area contributed by atoms with Crippen molar-refractivity contribution in [2.75, 3.05) is 6.54 Å². The van der Waals surface area contributed by atoms with E-state index in [4.69, 9.17) is 4.74 Å². The van der Waals surface area contributed by atoms with E-state index in [0.717, 1.165) is 18.5 Å². The normalized spacial score (nSPS) is 24.0. The number of nitrogens with zero attached hydrogens (tertiary/aromatic N) is 2. The van der Waals surface area contributed by atoms with Crippen molar-refractivity contribution in [1.29, 1.82) is 0 Å². The molecule has 0 aromatic heterocycles. The Morgan fingerprint density at radius 2 is 2.24 bits per heavy atom. The van der Waals surface area contributed by atoms with Crippen molar-refractivity contribution < 1.29 is 9.53 Å². The molecule has 0 fully saturated rings. The molecule has 2 aliphatic rings. The van der Waals surface area contributed by atoms with Gasteiger partial charge in [0.2, 0.25) is 0 Å². The number of amides is 1. The molecule has 4 nitrogen and oxygen atoms in total. The second-order valence-electron chi connectivity index (χ2n) is 5.73. The molecule has 0 radical (unpaired) electrons. The zero-order chi connectivity index (χ0) is 12.6. The largest absolute Gasteiger partial charge is 0.444 e. The van der Waals surface area contributed by atoms with Gasteiger partial charge in [0.1, 0.15) is 5.60 Å². The fraction of sp³-hybridized carbons (Fsp3) is 0.692. The summed E-state index contributed by atoms with van der Waals surface area (Å²) in [4.78, 5) is 18.1. The summed E-state index contributed by atoms with van der Waals surface area (Å²) >= 11 is 0. The monoisotopic (exact) mass is 236 g/mol. The van der Waals surface area contributed by atoms with Gasteiger partial charge in [0.05, 0.1) is 12.2 Å². The van der Waals surface area contributed by atoms with E-state index in [9.17, 15) is 4.79 Å². The van der Waals surface area contributed by atoms with Crippen molar-refractivity contribution in [2.24, 2.45) is 4.99 Å². The number of rotatable bonds is 0. The predicted octanol–water partition coefficient (Wildman–Crippen LogP) is 2.74. The van der Waals surface area contributed by atoms with Gasteiger partial charge in [-0.15, -0.1) is 0 Å². The molecule has 0 spiro atoms. The van der Waals surface area contributed by atoms with Gasteiger partial charge in [-0.3, -0.25) is 9.89 Å². The first kappa shape index (κ1) is 12.1. The smallest absolute Gasteiger partial charge is 0.410 e. The molecule has 94 valence electrons. The number of hydrogen-bond acceptors (Lipinski definition) is 3. The van der Waals surface area contributed by atoms with Gasteiger partial charge in [0.25, 0.3) is 0 Å². The zero-order valence-electron chi connectivity index (χ0n) is 11.0. The Bertz CT molecular complexity index is 391. The van der Waals surface area contributed by atoms with Gasteiger partial charge in [0, 0.05) is 18.7 Å². The number of carbonyl (C=O) groups is 1. The first-order valence-corrected chi connectivity index (χ1v) is 6.10. The van der Waals surface area contributed by atoms with E-state index in [2.05, 4.69) is 11.9 Å². The van der Waals surface area contributed by atoms with Gasteiger partial charge in [0.15, 0.2) is 0 Å². The quantitative estimate of drug-likeness (QED) is 0.649. The maximum atomic E-state index is 12.0. The first-order valence-electron chi connectivity index (χ1n) is 6.10. The van der Waals surface area contributed by atoms with Gasteiger partial charge in [-0.25, -0.2) is 4.79 Å². The summed E-state index contributed by atoms with van der Waals surface area (Å²) < 4.78 is 5.41. The van der Waals surface area contributed by atoms with Gasteiger partial charge < -0.3 is 4.74 Å². The Labute approximate surface area is 102 Å². The number of carbonyl (C=O) groups excluding carboxylic acids is 1. The minimum Gasteiger partial charge on any atom is -0.444 e. The molecule has 2 heterocycles. The molecule has 0 N–H and O–H groups in total. The van der Waals surface area contributed by atoms with E-state index < -0.39 is 5.60 Å². The lowest BCUT2D eigenvalue weighted by atomic mass is 9.99. The maximum Gasteiger partial charge on any atom is 0.410 e. The van der Waals surface area contributed by atoms with Crippen LogP contribution in [-0.4, -0.2) is 35.4 Å². The first-order chi connectivity index (χ1) is 7.87. The molecule has 4 heteroatoms. The molecule has 17 heavy (non-hydrogen) atoms. The molecule has 2 aliphatic heterocycles. The second kappa shape index (κ2) is 4.17. The van der Waals surface area contributed by atoms with Crippen molar-refractivity contribution in [1.82, 2.24) is 4.90 Å². The van der Waals surface area contributed by atoms with Gasteiger partial charge in [-0.2, -0.15) is 0 Å². The summed E-state index contributed by atoms with van der Waals surface area (Å²) in [6.45, 7) is 8.31. The lowest BCUT2D eigenvalue weighted by Gasteiger charge is -2.35. The fourth-order valence-corrected chi connectivity index (χ4v) is 2.18. The molecule has 0 aromatic carbocycles. The van der Waals surface area contributed by atoms with Crippen LogP contribution in [-0.2, 0) is 4.74 Å². The molecule has 1 atom stereocenters. The van der Waals surface area contributed by atoms with Crippen LogP contribution in [0.25, 0.3) is 0 Å². The van der Waals surface area contributed by atoms with Crippen LogP contribution in [0.3, 0.4) is 0 Å². The molecular formula is C13H20N2O2. The van der Waals surface area contributed by atoms with Crippen molar-refractivity contribution in [3.05, 3.63) is 11.3 Å². The van der Waals surface area contributed by atoms with Crippen molar-refractivity contribution in [3.8, 4) is 0 Å². The molecule has 1 unspecified atom stereocenters. The van der Waals surface area contributed by atoms with Crippen LogP contribution in [0.2, 0.25) is 0 Å². The van der Waals surface area contributed by atoms with Crippen LogP contribution in [0, 0.1) is 0 Å². The molecule has 0 saturated carbocycles. The molecule has 0 saturated heterocycles. The molecular weight excluding hydrogens is 216 g/mol. The summed E-state index contributed by atoms with van der Waals surface area (Å²) in [5.41, 5.74) is 1.98. The highest BCUT2D eigenvalue weighted by molar-refractivity contribution is 5.72. The Kier molecular flexibility index (Phi) is 2.98. The van der Waals surface area contributed by atoms with Crippen LogP contribution in [0.5, 0.6) is 0 Å². The van der Waals surface area contributed by atoms with E-state index in [1.54, 1.807) is 4.90 Å². The van der Waals surface area contributed by atoms with E-state index in [0.29, 0.717) is 6.54 Å². The zero-order valence-corrected chi connectivity index (χ0v) is 11.0. The topological polar surface area (TPSA) is 41.9 Å². The summed E-state index contributed by atoms with van der Waals surface area (Å²) in [7, 11) is 0. The minimum absolute atomic E-state index is 0.199. The van der Waals surface area contributed by atoms with E-state index in [1.807, 2.05) is 27.0 Å². The Morgan fingerprint density at radius 1 is 1.53 bits per heavy atom. The lowest BCUT2D eigenvalue weighted by Crippen LogP contribution is -2.45. The van der Waals surface area contributed by atoms with Crippen molar-refractivity contribution in [2.45, 2.75) is 52.2 Å². The highest BCUT2D eigenvalue weighted by atomic mass is 16.6. The number of aliphatic imine (C=N–C) groups is 1. The van der Waals surface area contributed by atoms with E-state index in [-0.39, 0.29) is 12.1 Å². The van der Waals surface area contributed by atoms with Crippen LogP contribution < -0.4 is 0 Å². The SMILES string of the molecule is CC1CC2=C(CN1C(=O)OC(C)(C)C)N=CC2. The van der Waals surface area contributed by atoms with E-state index in [1.165, 1.54) is 5.57 Å². The number of ether oxygens (including phenoxy) is 1. The summed E-state index contributed by atoms with van der Waals surface area (Å²) in [5.74, 6) is 0. The third-order valence-electron chi connectivity index (χ3n) is 3.01. The molecule has 0 aliphatic carbocycles. The summed E-state index contributed by atoms with van der Waals surface area (Å²) in [6, 6.07) is 0.199. The van der Waals surface area contributed by atoms with Crippen molar-refractivity contribution in [3.63, 3.8) is 0 Å². The van der Waals surface area contributed by atoms with Gasteiger partial charge in [-0.1, -0.05) is 0 Å². The minimum atomic E-state index is -0.440. The second-order valence-corrected chi connectivity index (χ2v) is 5.73. The summed E-state index contributed by atoms with van der Waals surface area (Å²) in [6.07, 6.45) is 3.55. The standard InChI is InChI=1S/C13H20N2O2/c1-9-7-10-5-6-14-11(10)8-15(9)12(16)17-13(2,3)4/h6,9H,5,7-8H2,1-4H3. The van der Waals surface area contributed by atoms with Crippen LogP contribution in [0.15, 0.2) is 16.3 Å². The average Bonchev–Trinajstić information content (AvgIpc) is 2.60. The van der Waals surface area contributed by atoms with Crippen molar-refractivity contribution >= 4 is 12.3 Å². The third-order valence-corrected chi connectivity index (χ3v) is 3.01. The van der Waals surface area contributed by atoms with Gasteiger partial charge in [-0.05, 0) is 39.7 Å². The van der Waals surface area contributed by atoms with Crippen LogP contribution in [0.1, 0.15) is 40.5 Å². The number of hydrogen-bond donors (Lipinski definition) is 0. The molecule has 2 rings (SSSR count). The van der Waals surface area contributed by atoms with Crippen LogP contribution >= 0.6 is 0 Å². The van der Waals surface area contributed by atoms with Crippen LogP contribution in [0.4, 0.5) is 4.79 Å².